The second-order valence-corrected chi connectivity index (χ2v) is 13.9. The first kappa shape index (κ1) is 34.0. The Morgan fingerprint density at radius 3 is 2.27 bits per heavy atom. The number of aliphatic hydroxyl groups is 1. The number of amides is 2. The van der Waals surface area contributed by atoms with Crippen molar-refractivity contribution in [3.63, 3.8) is 0 Å². The number of carboxylic acid groups (broad SMARTS) is 1. The van der Waals surface area contributed by atoms with E-state index in [1.807, 2.05) is 0 Å². The van der Waals surface area contributed by atoms with Crippen LogP contribution in [-0.2, 0) is 19.8 Å². The molecular weight excluding hydrogens is 629 g/mol. The van der Waals surface area contributed by atoms with Gasteiger partial charge in [-0.25, -0.2) is 9.18 Å². The van der Waals surface area contributed by atoms with Crippen molar-refractivity contribution in [2.45, 2.75) is 88.2 Å². The van der Waals surface area contributed by atoms with E-state index >= 15 is 4.39 Å². The highest BCUT2D eigenvalue weighted by Gasteiger charge is 2.66. The van der Waals surface area contributed by atoms with E-state index in [0.717, 1.165) is 0 Å². The smallest absolute Gasteiger partial charge is 0.475 e. The molecule has 1 saturated carbocycles. The van der Waals surface area contributed by atoms with Crippen LogP contribution >= 0.6 is 23.2 Å². The van der Waals surface area contributed by atoms with Crippen LogP contribution in [0.5, 0.6) is 0 Å². The van der Waals surface area contributed by atoms with Crippen LogP contribution in [-0.4, -0.2) is 57.9 Å². The van der Waals surface area contributed by atoms with Gasteiger partial charge in [0, 0.05) is 28.7 Å². The van der Waals surface area contributed by atoms with Gasteiger partial charge in [-0.05, 0) is 60.9 Å². The fourth-order valence-corrected chi connectivity index (χ4v) is 6.90. The summed E-state index contributed by atoms with van der Waals surface area (Å²) >= 11 is 12.5. The minimum absolute atomic E-state index is 0.0733. The lowest BCUT2D eigenvalue weighted by Crippen LogP contribution is -2.57. The molecule has 0 bridgehead atoms. The summed E-state index contributed by atoms with van der Waals surface area (Å²) in [6.07, 6.45) is -3.68. The van der Waals surface area contributed by atoms with E-state index < -0.39 is 47.0 Å². The summed E-state index contributed by atoms with van der Waals surface area (Å²) in [6.45, 7) is 7.93. The standard InChI is InChI=1S/C28H32Cl2FN3O3.C2HF3O2/c1-26(2,3)13-20-28(17-9-8-14(29)10-19(17)33-25(28)36)21(16-6-5-7-18(30)22(16)31)23(34-20)24(35)32-15-11-27(4,37)12-15;3-2(4,5)1(6)7/h5-10,15,20-21,23,34,37H,11-13H2,1-4H3,(H,32,35)(H,33,36);(H,6,7)/t15?,20-,21+,23-,27?,28+;/m1./s1. The van der Waals surface area contributed by atoms with Gasteiger partial charge in [-0.3, -0.25) is 9.59 Å². The molecule has 1 spiro atoms. The molecule has 2 amide bonds. The molecule has 5 N–H and O–H groups in total. The molecule has 5 rings (SSSR count). The quantitative estimate of drug-likeness (QED) is 0.274. The average Bonchev–Trinajstić information content (AvgIpc) is 3.33. The highest BCUT2D eigenvalue weighted by Crippen LogP contribution is 2.57. The van der Waals surface area contributed by atoms with E-state index in [-0.39, 0.29) is 33.9 Å². The molecule has 0 aromatic heterocycles. The number of nitrogens with one attached hydrogen (secondary N) is 3. The van der Waals surface area contributed by atoms with E-state index in [2.05, 4.69) is 36.7 Å². The molecule has 2 fully saturated rings. The molecule has 240 valence electrons. The second-order valence-electron chi connectivity index (χ2n) is 13.0. The van der Waals surface area contributed by atoms with Crippen LogP contribution in [0, 0.1) is 11.2 Å². The first-order valence-corrected chi connectivity index (χ1v) is 14.6. The van der Waals surface area contributed by atoms with Gasteiger partial charge in [-0.1, -0.05) is 62.2 Å². The zero-order valence-corrected chi connectivity index (χ0v) is 25.8. The maximum atomic E-state index is 15.7. The Kier molecular flexibility index (Phi) is 9.09. The lowest BCUT2D eigenvalue weighted by molar-refractivity contribution is -0.192. The van der Waals surface area contributed by atoms with Crippen LogP contribution in [0.15, 0.2) is 36.4 Å². The number of carboxylic acids is 1. The van der Waals surface area contributed by atoms with Crippen LogP contribution in [0.2, 0.25) is 10.0 Å². The summed E-state index contributed by atoms with van der Waals surface area (Å²) in [4.78, 5) is 36.8. The number of carbonyl (C=O) groups is 3. The Bertz CT molecular complexity index is 1470. The fraction of sp³-hybridized carbons (Fsp3) is 0.500. The van der Waals surface area contributed by atoms with Gasteiger partial charge in [0.1, 0.15) is 11.2 Å². The highest BCUT2D eigenvalue weighted by atomic mass is 35.5. The number of carbonyl (C=O) groups excluding carboxylic acids is 2. The number of benzene rings is 2. The fourth-order valence-electron chi connectivity index (χ4n) is 6.55. The van der Waals surface area contributed by atoms with Crippen molar-refractivity contribution < 1.29 is 42.2 Å². The number of anilines is 1. The van der Waals surface area contributed by atoms with Crippen molar-refractivity contribution in [2.24, 2.45) is 5.41 Å². The maximum Gasteiger partial charge on any atom is 0.490 e. The average molecular weight is 663 g/mol. The minimum atomic E-state index is -5.08. The molecule has 1 aliphatic carbocycles. The molecule has 3 aliphatic rings. The van der Waals surface area contributed by atoms with E-state index in [1.165, 1.54) is 6.07 Å². The summed E-state index contributed by atoms with van der Waals surface area (Å²) in [5.41, 5.74) is -0.882. The second kappa shape index (κ2) is 11.8. The molecule has 0 unspecified atom stereocenters. The molecule has 44 heavy (non-hydrogen) atoms. The van der Waals surface area contributed by atoms with Crippen molar-refractivity contribution in [1.82, 2.24) is 10.6 Å². The zero-order valence-electron chi connectivity index (χ0n) is 24.3. The molecule has 4 atom stereocenters. The van der Waals surface area contributed by atoms with Crippen LogP contribution in [0.4, 0.5) is 23.2 Å². The first-order valence-electron chi connectivity index (χ1n) is 13.8. The van der Waals surface area contributed by atoms with Crippen molar-refractivity contribution in [1.29, 1.82) is 0 Å². The van der Waals surface area contributed by atoms with Gasteiger partial charge in [-0.15, -0.1) is 0 Å². The third-order valence-electron chi connectivity index (χ3n) is 8.18. The van der Waals surface area contributed by atoms with Crippen LogP contribution < -0.4 is 16.0 Å². The number of halogens is 6. The Hall–Kier alpha value is -2.93. The third-order valence-corrected chi connectivity index (χ3v) is 8.71. The van der Waals surface area contributed by atoms with Gasteiger partial charge in [0.15, 0.2) is 0 Å². The van der Waals surface area contributed by atoms with Crippen LogP contribution in [0.3, 0.4) is 0 Å². The highest BCUT2D eigenvalue weighted by molar-refractivity contribution is 6.31. The molecule has 2 aliphatic heterocycles. The largest absolute Gasteiger partial charge is 0.490 e. The van der Waals surface area contributed by atoms with E-state index in [4.69, 9.17) is 33.1 Å². The van der Waals surface area contributed by atoms with Gasteiger partial charge in [0.2, 0.25) is 11.8 Å². The predicted molar refractivity (Wildman–Crippen MR) is 156 cm³/mol. The molecule has 0 radical (unpaired) electrons. The first-order chi connectivity index (χ1) is 20.2. The molecular formula is C30H33Cl2F4N3O5. The van der Waals surface area contributed by atoms with Crippen molar-refractivity contribution in [3.05, 3.63) is 63.4 Å². The van der Waals surface area contributed by atoms with Crippen molar-refractivity contribution in [3.8, 4) is 0 Å². The van der Waals surface area contributed by atoms with E-state index in [1.54, 1.807) is 37.3 Å². The van der Waals surface area contributed by atoms with Gasteiger partial charge < -0.3 is 26.2 Å². The van der Waals surface area contributed by atoms with Crippen LogP contribution in [0.1, 0.15) is 64.0 Å². The number of rotatable bonds is 4. The number of fused-ring (bicyclic) bond motifs is 2. The number of aliphatic carboxylic acids is 1. The van der Waals surface area contributed by atoms with Crippen LogP contribution in [0.25, 0.3) is 0 Å². The Labute approximate surface area is 261 Å². The molecule has 2 heterocycles. The van der Waals surface area contributed by atoms with Gasteiger partial charge in [0.05, 0.1) is 16.7 Å². The molecule has 1 saturated heterocycles. The van der Waals surface area contributed by atoms with E-state index in [0.29, 0.717) is 35.5 Å². The number of hydrogen-bond donors (Lipinski definition) is 5. The molecule has 2 aromatic rings. The van der Waals surface area contributed by atoms with Gasteiger partial charge >= 0.3 is 12.1 Å². The summed E-state index contributed by atoms with van der Waals surface area (Å²) < 4.78 is 47.5. The van der Waals surface area contributed by atoms with Crippen molar-refractivity contribution >= 4 is 46.7 Å². The van der Waals surface area contributed by atoms with Crippen molar-refractivity contribution in [2.75, 3.05) is 5.32 Å². The Morgan fingerprint density at radius 1 is 1.11 bits per heavy atom. The molecule has 14 heteroatoms. The summed E-state index contributed by atoms with van der Waals surface area (Å²) in [5, 5.41) is 27.1. The third kappa shape index (κ3) is 6.54. The van der Waals surface area contributed by atoms with Gasteiger partial charge in [0.25, 0.3) is 0 Å². The maximum absolute atomic E-state index is 15.7. The minimum Gasteiger partial charge on any atom is -0.475 e. The lowest BCUT2D eigenvalue weighted by atomic mass is 9.62. The SMILES string of the molecule is CC(C)(C)C[C@H]1N[C@@H](C(=O)NC2CC(C)(O)C2)[C@H](c2cccc(Cl)c2F)[C@@]12C(=O)Nc1cc(Cl)ccc12.O=C(O)C(F)(F)F. The molecule has 8 nitrogen and oxygen atoms in total. The van der Waals surface area contributed by atoms with Gasteiger partial charge in [-0.2, -0.15) is 13.2 Å². The van der Waals surface area contributed by atoms with E-state index in [9.17, 15) is 27.9 Å². The summed E-state index contributed by atoms with van der Waals surface area (Å²) in [6, 6.07) is 8.29. The number of hydrogen-bond acceptors (Lipinski definition) is 5. The Morgan fingerprint density at radius 2 is 1.73 bits per heavy atom. The topological polar surface area (TPSA) is 128 Å². The molecule has 2 aromatic carbocycles. The summed E-state index contributed by atoms with van der Waals surface area (Å²) in [7, 11) is 0. The number of alkyl halides is 3. The predicted octanol–water partition coefficient (Wildman–Crippen LogP) is 5.55. The summed E-state index contributed by atoms with van der Waals surface area (Å²) in [5.74, 6) is -4.94. The normalized spacial score (nSPS) is 29.3. The zero-order chi connectivity index (χ0) is 33.0. The monoisotopic (exact) mass is 661 g/mol. The lowest BCUT2D eigenvalue weighted by Gasteiger charge is -2.42. The Balaban J connectivity index is 0.000000566.